The van der Waals surface area contributed by atoms with Crippen molar-refractivity contribution in [3.8, 4) is 0 Å². The molecule has 3 unspecified atom stereocenters. The average molecular weight is 574 g/mol. The lowest BCUT2D eigenvalue weighted by molar-refractivity contribution is -0.130. The number of amides is 1. The molecule has 230 valence electrons. The molecule has 0 rings (SSSR count). The number of allylic oxidation sites excluding steroid dienone is 3. The van der Waals surface area contributed by atoms with E-state index in [1.807, 2.05) is 0 Å². The number of carbonyl (C=O) groups is 1. The first-order valence-electron chi connectivity index (χ1n) is 15.6. The summed E-state index contributed by atoms with van der Waals surface area (Å²) in [5, 5.41) is 23.1. The topological polar surface area (TPSA) is 124 Å². The first kappa shape index (κ1) is 37.8. The Hall–Kier alpha value is -1.22. The smallest absolute Gasteiger partial charge is 0.267 e. The molecule has 0 fully saturated rings. The first-order valence-corrected chi connectivity index (χ1v) is 17.3. The maximum absolute atomic E-state index is 12.4. The summed E-state index contributed by atoms with van der Waals surface area (Å²) in [7, 11) is -4.43. The van der Waals surface area contributed by atoms with Crippen molar-refractivity contribution < 1.29 is 28.0 Å². The normalized spacial score (nSPS) is 14.7. The SMILES string of the molecule is CCCCCCCC/C=C\CCCCC(O)C(=O)NC(CS(=O)(=O)O)C(O)/C=C/CCCCCCCCCC. The van der Waals surface area contributed by atoms with E-state index < -0.39 is 40.0 Å². The van der Waals surface area contributed by atoms with Crippen LogP contribution in [0.2, 0.25) is 0 Å². The van der Waals surface area contributed by atoms with Crippen molar-refractivity contribution in [2.24, 2.45) is 0 Å². The monoisotopic (exact) mass is 573 g/mol. The number of carbonyl (C=O) groups excluding carboxylic acids is 1. The third-order valence-corrected chi connectivity index (χ3v) is 7.76. The predicted molar refractivity (Wildman–Crippen MR) is 162 cm³/mol. The Morgan fingerprint density at radius 2 is 1.13 bits per heavy atom. The number of nitrogens with one attached hydrogen (secondary N) is 1. The lowest BCUT2D eigenvalue weighted by atomic mass is 10.1. The van der Waals surface area contributed by atoms with E-state index in [1.54, 1.807) is 6.08 Å². The van der Waals surface area contributed by atoms with Gasteiger partial charge < -0.3 is 15.5 Å². The highest BCUT2D eigenvalue weighted by Gasteiger charge is 2.27. The van der Waals surface area contributed by atoms with Gasteiger partial charge in [-0.25, -0.2) is 0 Å². The summed E-state index contributed by atoms with van der Waals surface area (Å²) in [6, 6.07) is -1.23. The molecule has 7 nitrogen and oxygen atoms in total. The van der Waals surface area contributed by atoms with Crippen molar-refractivity contribution in [3.63, 3.8) is 0 Å². The van der Waals surface area contributed by atoms with Crippen LogP contribution in [0, 0.1) is 0 Å². The van der Waals surface area contributed by atoms with E-state index in [0.29, 0.717) is 6.42 Å². The molecule has 0 aliphatic heterocycles. The van der Waals surface area contributed by atoms with Crippen LogP contribution in [0.1, 0.15) is 142 Å². The van der Waals surface area contributed by atoms with Gasteiger partial charge in [-0.15, -0.1) is 0 Å². The third kappa shape index (κ3) is 25.5. The molecule has 8 heteroatoms. The minimum atomic E-state index is -4.43. The summed E-state index contributed by atoms with van der Waals surface area (Å²) in [6.45, 7) is 4.42. The number of rotatable bonds is 27. The first-order chi connectivity index (χ1) is 18.7. The van der Waals surface area contributed by atoms with E-state index in [4.69, 9.17) is 0 Å². The zero-order chi connectivity index (χ0) is 29.2. The molecule has 0 radical (unpaired) electrons. The van der Waals surface area contributed by atoms with Crippen molar-refractivity contribution in [1.82, 2.24) is 5.32 Å². The molecule has 0 aromatic rings. The minimum Gasteiger partial charge on any atom is -0.387 e. The molecule has 39 heavy (non-hydrogen) atoms. The average Bonchev–Trinajstić information content (AvgIpc) is 2.88. The molecule has 0 saturated heterocycles. The molecule has 4 N–H and O–H groups in total. The molecule has 3 atom stereocenters. The van der Waals surface area contributed by atoms with E-state index in [-0.39, 0.29) is 6.42 Å². The summed E-state index contributed by atoms with van der Waals surface area (Å²) in [5.74, 6) is -1.56. The number of hydrogen-bond donors (Lipinski definition) is 4. The second kappa shape index (κ2) is 25.7. The fourth-order valence-electron chi connectivity index (χ4n) is 4.51. The van der Waals surface area contributed by atoms with Crippen LogP contribution in [0.25, 0.3) is 0 Å². The van der Waals surface area contributed by atoms with E-state index in [2.05, 4.69) is 31.3 Å². The third-order valence-electron chi connectivity index (χ3n) is 6.98. The molecule has 0 spiro atoms. The number of aliphatic hydroxyl groups is 2. The summed E-state index contributed by atoms with van der Waals surface area (Å²) in [5.41, 5.74) is 0. The van der Waals surface area contributed by atoms with Crippen molar-refractivity contribution in [3.05, 3.63) is 24.3 Å². The lowest BCUT2D eigenvalue weighted by Gasteiger charge is -2.22. The molecule has 0 aromatic carbocycles. The molecule has 0 aromatic heterocycles. The van der Waals surface area contributed by atoms with Crippen molar-refractivity contribution >= 4 is 16.0 Å². The summed E-state index contributed by atoms with van der Waals surface area (Å²) in [4.78, 5) is 12.4. The van der Waals surface area contributed by atoms with Crippen LogP contribution in [0.3, 0.4) is 0 Å². The van der Waals surface area contributed by atoms with Crippen LogP contribution in [0.15, 0.2) is 24.3 Å². The van der Waals surface area contributed by atoms with Gasteiger partial charge in [0.05, 0.1) is 17.9 Å². The van der Waals surface area contributed by atoms with Gasteiger partial charge in [0, 0.05) is 0 Å². The van der Waals surface area contributed by atoms with E-state index >= 15 is 0 Å². The fourth-order valence-corrected chi connectivity index (χ4v) is 5.24. The Bertz CT molecular complexity index is 737. The highest BCUT2D eigenvalue weighted by molar-refractivity contribution is 7.85. The maximum atomic E-state index is 12.4. The van der Waals surface area contributed by atoms with Crippen molar-refractivity contribution in [1.29, 1.82) is 0 Å². The second-order valence-electron chi connectivity index (χ2n) is 10.9. The van der Waals surface area contributed by atoms with Gasteiger partial charge in [-0.3, -0.25) is 9.35 Å². The Kier molecular flexibility index (Phi) is 24.9. The summed E-state index contributed by atoms with van der Waals surface area (Å²) in [6.07, 6.45) is 26.7. The lowest BCUT2D eigenvalue weighted by Crippen LogP contribution is -2.50. The highest BCUT2D eigenvalue weighted by atomic mass is 32.2. The van der Waals surface area contributed by atoms with Crippen molar-refractivity contribution in [2.75, 3.05) is 5.75 Å². The van der Waals surface area contributed by atoms with Gasteiger partial charge in [-0.05, 0) is 44.9 Å². The zero-order valence-corrected chi connectivity index (χ0v) is 25.7. The second-order valence-corrected chi connectivity index (χ2v) is 12.4. The summed E-state index contributed by atoms with van der Waals surface area (Å²) < 4.78 is 32.2. The Labute approximate surface area is 239 Å². The number of aliphatic hydroxyl groups excluding tert-OH is 2. The molecule has 0 bridgehead atoms. The fraction of sp³-hybridized carbons (Fsp3) is 0.839. The van der Waals surface area contributed by atoms with Crippen molar-refractivity contribution in [2.45, 2.75) is 161 Å². The Morgan fingerprint density at radius 3 is 1.62 bits per heavy atom. The van der Waals surface area contributed by atoms with Crippen LogP contribution in [0.4, 0.5) is 0 Å². The number of unbranched alkanes of at least 4 members (excludes halogenated alkanes) is 16. The van der Waals surface area contributed by atoms with E-state index in [0.717, 1.165) is 38.5 Å². The van der Waals surface area contributed by atoms with Gasteiger partial charge in [0.2, 0.25) is 5.91 Å². The van der Waals surface area contributed by atoms with Crippen LogP contribution >= 0.6 is 0 Å². The van der Waals surface area contributed by atoms with Gasteiger partial charge in [-0.1, -0.05) is 122 Å². The van der Waals surface area contributed by atoms with Crippen LogP contribution in [-0.4, -0.2) is 53.1 Å². The maximum Gasteiger partial charge on any atom is 0.267 e. The van der Waals surface area contributed by atoms with E-state index in [9.17, 15) is 28.0 Å². The molecular weight excluding hydrogens is 514 g/mol. The highest BCUT2D eigenvalue weighted by Crippen LogP contribution is 2.12. The quantitative estimate of drug-likeness (QED) is 0.0475. The summed E-state index contributed by atoms with van der Waals surface area (Å²) >= 11 is 0. The minimum absolute atomic E-state index is 0.250. The largest absolute Gasteiger partial charge is 0.387 e. The van der Waals surface area contributed by atoms with Crippen LogP contribution < -0.4 is 5.32 Å². The van der Waals surface area contributed by atoms with E-state index in [1.165, 1.54) is 83.1 Å². The molecular formula is C31H59NO6S. The van der Waals surface area contributed by atoms with Gasteiger partial charge in [0.1, 0.15) is 6.10 Å². The molecule has 0 saturated carbocycles. The van der Waals surface area contributed by atoms with Gasteiger partial charge in [-0.2, -0.15) is 8.42 Å². The molecule has 0 aliphatic rings. The number of hydrogen-bond acceptors (Lipinski definition) is 5. The molecule has 0 heterocycles. The molecule has 1 amide bonds. The van der Waals surface area contributed by atoms with Gasteiger partial charge in [0.25, 0.3) is 10.1 Å². The van der Waals surface area contributed by atoms with Gasteiger partial charge in [0.15, 0.2) is 0 Å². The zero-order valence-electron chi connectivity index (χ0n) is 24.9. The van der Waals surface area contributed by atoms with Crippen LogP contribution in [0.5, 0.6) is 0 Å². The van der Waals surface area contributed by atoms with Crippen LogP contribution in [-0.2, 0) is 14.9 Å². The standard InChI is InChI=1S/C31H59NO6S/c1-3-5-7-9-11-13-15-16-18-20-22-24-26-30(34)31(35)32-28(27-39(36,37)38)29(33)25-23-21-19-17-14-12-10-8-6-4-2/h16,18,23,25,28-30,33-34H,3-15,17,19-22,24,26-27H2,1-2H3,(H,32,35)(H,36,37,38)/b18-16-,25-23+. The van der Waals surface area contributed by atoms with Gasteiger partial charge >= 0.3 is 0 Å². The predicted octanol–water partition coefficient (Wildman–Crippen LogP) is 7.04. The molecule has 0 aliphatic carbocycles. The Balaban J connectivity index is 4.28. The Morgan fingerprint density at radius 1 is 0.692 bits per heavy atom.